The molecule has 10 nitrogen and oxygen atoms in total. The summed E-state index contributed by atoms with van der Waals surface area (Å²) in [6, 6.07) is 5.54. The van der Waals surface area contributed by atoms with Crippen LogP contribution in [0.4, 0.5) is 13.2 Å². The first-order valence-electron chi connectivity index (χ1n) is 8.00. The number of amides is 4. The molecule has 0 radical (unpaired) electrons. The van der Waals surface area contributed by atoms with Crippen LogP contribution in [0.3, 0.4) is 0 Å². The molecule has 156 valence electrons. The van der Waals surface area contributed by atoms with Crippen LogP contribution in [-0.2, 0) is 35.4 Å². The molecule has 1 aromatic carbocycles. The summed E-state index contributed by atoms with van der Waals surface area (Å²) in [7, 11) is 0. The van der Waals surface area contributed by atoms with E-state index < -0.39 is 42.4 Å². The molecule has 1 saturated heterocycles. The first kappa shape index (κ1) is 21.8. The largest absolute Gasteiger partial charge is 0.473 e. The third-order valence-corrected chi connectivity index (χ3v) is 3.48. The van der Waals surface area contributed by atoms with Gasteiger partial charge in [-0.1, -0.05) is 12.1 Å². The summed E-state index contributed by atoms with van der Waals surface area (Å²) < 4.78 is 35.8. The molecule has 1 aromatic rings. The van der Waals surface area contributed by atoms with Crippen molar-refractivity contribution in [3.8, 4) is 0 Å². The number of hydroxylamine groups is 3. The summed E-state index contributed by atoms with van der Waals surface area (Å²) in [6.45, 7) is -0.891. The van der Waals surface area contributed by atoms with Crippen LogP contribution in [0.5, 0.6) is 0 Å². The zero-order valence-electron chi connectivity index (χ0n) is 14.6. The predicted octanol–water partition coefficient (Wildman–Crippen LogP) is 0.134. The number of imide groups is 1. The van der Waals surface area contributed by atoms with E-state index in [0.717, 1.165) is 5.48 Å². The Kier molecular flexibility index (Phi) is 6.88. The lowest BCUT2D eigenvalue weighted by Crippen LogP contribution is -2.39. The zero-order valence-corrected chi connectivity index (χ0v) is 14.6. The van der Waals surface area contributed by atoms with Crippen molar-refractivity contribution in [3.63, 3.8) is 0 Å². The summed E-state index contributed by atoms with van der Waals surface area (Å²) in [4.78, 5) is 65.6. The fourth-order valence-electron chi connectivity index (χ4n) is 2.03. The molecule has 0 aromatic heterocycles. The normalized spacial score (nSPS) is 14.0. The molecule has 0 spiro atoms. The van der Waals surface area contributed by atoms with Crippen molar-refractivity contribution in [3.05, 3.63) is 35.4 Å². The Morgan fingerprint density at radius 1 is 1.03 bits per heavy atom. The molecule has 4 amide bonds. The molecule has 0 aliphatic carbocycles. The van der Waals surface area contributed by atoms with Crippen molar-refractivity contribution < 1.29 is 46.8 Å². The second-order valence-corrected chi connectivity index (χ2v) is 5.65. The van der Waals surface area contributed by atoms with Crippen molar-refractivity contribution >= 4 is 29.6 Å². The number of hydrogen-bond acceptors (Lipinski definition) is 7. The summed E-state index contributed by atoms with van der Waals surface area (Å²) in [6.07, 6.45) is -5.20. The van der Waals surface area contributed by atoms with E-state index in [4.69, 9.17) is 4.84 Å². The van der Waals surface area contributed by atoms with Crippen molar-refractivity contribution in [1.29, 1.82) is 0 Å². The molecule has 1 fully saturated rings. The minimum Gasteiger partial charge on any atom is -0.350 e. The van der Waals surface area contributed by atoms with Gasteiger partial charge in [-0.2, -0.15) is 13.2 Å². The first-order valence-corrected chi connectivity index (χ1v) is 8.00. The second kappa shape index (κ2) is 9.14. The van der Waals surface area contributed by atoms with Crippen LogP contribution >= 0.6 is 0 Å². The summed E-state index contributed by atoms with van der Waals surface area (Å²) in [5.41, 5.74) is 1.64. The lowest BCUT2D eigenvalue weighted by atomic mass is 10.1. The van der Waals surface area contributed by atoms with Gasteiger partial charge in [-0.3, -0.25) is 24.0 Å². The molecule has 0 bridgehead atoms. The predicted molar refractivity (Wildman–Crippen MR) is 84.9 cm³/mol. The number of halogens is 3. The Hall–Kier alpha value is -3.48. The zero-order chi connectivity index (χ0) is 21.6. The van der Waals surface area contributed by atoms with Gasteiger partial charge >= 0.3 is 18.1 Å². The number of nitrogens with one attached hydrogen (secondary N) is 2. The number of benzene rings is 1. The summed E-state index contributed by atoms with van der Waals surface area (Å²) in [5, 5.41) is 2.73. The van der Waals surface area contributed by atoms with E-state index in [0.29, 0.717) is 10.6 Å². The smallest absolute Gasteiger partial charge is 0.350 e. The minimum absolute atomic E-state index is 0.0334. The van der Waals surface area contributed by atoms with E-state index in [2.05, 4.69) is 10.2 Å². The highest BCUT2D eigenvalue weighted by Gasteiger charge is 2.39. The van der Waals surface area contributed by atoms with Gasteiger partial charge in [0.05, 0.1) is 5.56 Å². The van der Waals surface area contributed by atoms with Gasteiger partial charge in [0.1, 0.15) is 0 Å². The Morgan fingerprint density at radius 3 is 2.17 bits per heavy atom. The summed E-state index contributed by atoms with van der Waals surface area (Å²) >= 11 is 0. The Balaban J connectivity index is 1.76. The van der Waals surface area contributed by atoms with E-state index in [1.807, 2.05) is 0 Å². The lowest BCUT2D eigenvalue weighted by Gasteiger charge is -2.12. The molecular weight excluding hydrogens is 403 g/mol. The van der Waals surface area contributed by atoms with E-state index in [9.17, 15) is 37.1 Å². The number of alkyl halides is 3. The highest BCUT2D eigenvalue weighted by Crippen LogP contribution is 2.15. The van der Waals surface area contributed by atoms with E-state index in [1.54, 1.807) is 0 Å². The van der Waals surface area contributed by atoms with E-state index >= 15 is 0 Å². The van der Waals surface area contributed by atoms with Crippen LogP contribution in [0.25, 0.3) is 0 Å². The number of nitrogens with zero attached hydrogens (tertiary/aromatic N) is 1. The molecular formula is C16H14F3N3O7. The maximum absolute atomic E-state index is 11.9. The quantitative estimate of drug-likeness (QED) is 0.476. The second-order valence-electron chi connectivity index (χ2n) is 5.65. The molecule has 1 aliphatic rings. The van der Waals surface area contributed by atoms with Gasteiger partial charge in [0.2, 0.25) is 5.91 Å². The van der Waals surface area contributed by atoms with Crippen LogP contribution in [0.1, 0.15) is 28.8 Å². The number of carbonyl (C=O) groups is 5. The maximum Gasteiger partial charge on any atom is 0.473 e. The van der Waals surface area contributed by atoms with Crippen LogP contribution in [0, 0.1) is 0 Å². The van der Waals surface area contributed by atoms with Gasteiger partial charge in [-0.25, -0.2) is 10.3 Å². The minimum atomic E-state index is -5.13. The van der Waals surface area contributed by atoms with Crippen molar-refractivity contribution in [1.82, 2.24) is 15.9 Å². The van der Waals surface area contributed by atoms with Gasteiger partial charge < -0.3 is 10.2 Å². The van der Waals surface area contributed by atoms with E-state index in [-0.39, 0.29) is 24.9 Å². The third kappa shape index (κ3) is 6.27. The molecule has 29 heavy (non-hydrogen) atoms. The molecule has 0 saturated carbocycles. The van der Waals surface area contributed by atoms with Crippen LogP contribution in [0.2, 0.25) is 0 Å². The molecule has 13 heteroatoms. The fourth-order valence-corrected chi connectivity index (χ4v) is 2.03. The van der Waals surface area contributed by atoms with Gasteiger partial charge in [-0.05, 0) is 17.7 Å². The number of carbonyl (C=O) groups excluding carboxylic acids is 5. The average molecular weight is 417 g/mol. The molecule has 0 unspecified atom stereocenters. The molecule has 1 heterocycles. The molecule has 0 atom stereocenters. The maximum atomic E-state index is 11.9. The SMILES string of the molecule is O=C(CONC(=O)C(F)(F)F)NCc1ccc(C(=O)ON2C(=O)CCC2=O)cc1. The average Bonchev–Trinajstić information content (AvgIpc) is 2.98. The lowest BCUT2D eigenvalue weighted by molar-refractivity contribution is -0.186. The van der Waals surface area contributed by atoms with Gasteiger partial charge in [-0.15, -0.1) is 5.06 Å². The number of hydrogen-bond donors (Lipinski definition) is 2. The number of rotatable bonds is 7. The van der Waals surface area contributed by atoms with Crippen molar-refractivity contribution in [2.45, 2.75) is 25.6 Å². The Morgan fingerprint density at radius 2 is 1.62 bits per heavy atom. The van der Waals surface area contributed by atoms with Crippen LogP contribution in [0.15, 0.2) is 24.3 Å². The standard InChI is InChI=1S/C16H14F3N3O7/c17-16(18,19)15(27)21-28-8-11(23)20-7-9-1-3-10(4-2-9)14(26)29-22-12(24)5-6-13(22)25/h1-4H,5-8H2,(H,20,23)(H,21,27). The monoisotopic (exact) mass is 417 g/mol. The topological polar surface area (TPSA) is 131 Å². The first-order chi connectivity index (χ1) is 13.6. The fraction of sp³-hybridized carbons (Fsp3) is 0.312. The van der Waals surface area contributed by atoms with Crippen molar-refractivity contribution in [2.75, 3.05) is 6.61 Å². The highest BCUT2D eigenvalue weighted by atomic mass is 19.4. The Labute approximate surface area is 160 Å². The molecule has 2 N–H and O–H groups in total. The van der Waals surface area contributed by atoms with Crippen LogP contribution in [-0.4, -0.2) is 47.4 Å². The molecule has 2 rings (SSSR count). The van der Waals surface area contributed by atoms with Gasteiger partial charge in [0.25, 0.3) is 11.8 Å². The highest BCUT2D eigenvalue weighted by molar-refractivity contribution is 6.02. The molecule has 1 aliphatic heterocycles. The summed E-state index contributed by atoms with van der Waals surface area (Å²) in [5.74, 6) is -5.29. The van der Waals surface area contributed by atoms with Crippen molar-refractivity contribution in [2.24, 2.45) is 0 Å². The van der Waals surface area contributed by atoms with Gasteiger partial charge in [0, 0.05) is 19.4 Å². The third-order valence-electron chi connectivity index (χ3n) is 3.48. The van der Waals surface area contributed by atoms with Crippen LogP contribution < -0.4 is 10.8 Å². The Bertz CT molecular complexity index is 808. The van der Waals surface area contributed by atoms with E-state index in [1.165, 1.54) is 24.3 Å². The van der Waals surface area contributed by atoms with Gasteiger partial charge in [0.15, 0.2) is 6.61 Å².